The largest absolute Gasteiger partial charge is 0.481 e. The molecule has 3 N–H and O–H groups in total. The fraction of sp³-hybridized carbons (Fsp3) is 0.536. The highest BCUT2D eigenvalue weighted by molar-refractivity contribution is 8.22. The highest BCUT2D eigenvalue weighted by Crippen LogP contribution is 2.51. The van der Waals surface area contributed by atoms with Crippen LogP contribution >= 0.6 is 10.8 Å². The Hall–Kier alpha value is -2.46. The smallest absolute Gasteiger partial charge is 0.304 e. The first-order chi connectivity index (χ1) is 17.6. The van der Waals surface area contributed by atoms with Gasteiger partial charge in [-0.15, -0.1) is 15.9 Å². The Morgan fingerprint density at radius 1 is 1.11 bits per heavy atom. The minimum atomic E-state index is -2.84. The summed E-state index contributed by atoms with van der Waals surface area (Å²) in [5.41, 5.74) is 6.55. The minimum Gasteiger partial charge on any atom is -0.481 e. The van der Waals surface area contributed by atoms with E-state index >= 15 is 0 Å². The number of aryl methyl sites for hydroxylation is 3. The van der Waals surface area contributed by atoms with Crippen LogP contribution in [0.1, 0.15) is 72.3 Å². The lowest BCUT2D eigenvalue weighted by atomic mass is 9.78. The topological polar surface area (TPSA) is 112 Å². The summed E-state index contributed by atoms with van der Waals surface area (Å²) in [6.07, 6.45) is 5.64. The molecule has 9 heteroatoms. The number of benzene rings is 2. The fourth-order valence-electron chi connectivity index (χ4n) is 6.37. The first-order valence-electron chi connectivity index (χ1n) is 13.2. The Bertz CT molecular complexity index is 1310. The first kappa shape index (κ1) is 26.2. The average Bonchev–Trinajstić information content (AvgIpc) is 3.18. The van der Waals surface area contributed by atoms with Crippen molar-refractivity contribution >= 4 is 27.8 Å². The second-order valence-corrected chi connectivity index (χ2v) is 13.1. The Morgan fingerprint density at radius 2 is 1.86 bits per heavy atom. The predicted molar refractivity (Wildman–Crippen MR) is 147 cm³/mol. The Kier molecular flexibility index (Phi) is 7.33. The van der Waals surface area contributed by atoms with Gasteiger partial charge in [-0.1, -0.05) is 48.7 Å². The molecule has 3 unspecified atom stereocenters. The summed E-state index contributed by atoms with van der Waals surface area (Å²) in [7, 11) is -0.999. The molecular formula is C28H38N4O4S. The molecule has 1 aromatic heterocycles. The van der Waals surface area contributed by atoms with Crippen molar-refractivity contribution in [2.75, 3.05) is 12.3 Å². The highest BCUT2D eigenvalue weighted by atomic mass is 32.3. The van der Waals surface area contributed by atoms with E-state index in [9.17, 15) is 19.0 Å². The van der Waals surface area contributed by atoms with Crippen LogP contribution in [-0.2, 0) is 18.4 Å². The number of rotatable bonds is 6. The van der Waals surface area contributed by atoms with Gasteiger partial charge in [0.1, 0.15) is 5.52 Å². The number of aliphatic carboxylic acids is 1. The number of hydrogen-bond acceptors (Lipinski definition) is 6. The normalized spacial score (nSPS) is 23.8. The molecule has 8 nitrogen and oxygen atoms in total. The van der Waals surface area contributed by atoms with E-state index in [0.717, 1.165) is 51.7 Å². The van der Waals surface area contributed by atoms with E-state index in [-0.39, 0.29) is 12.3 Å². The molecule has 2 fully saturated rings. The molecule has 0 amide bonds. The van der Waals surface area contributed by atoms with E-state index in [1.165, 1.54) is 19.3 Å². The van der Waals surface area contributed by atoms with Gasteiger partial charge in [0, 0.05) is 26.1 Å². The van der Waals surface area contributed by atoms with Gasteiger partial charge in [-0.3, -0.25) is 13.9 Å². The van der Waals surface area contributed by atoms with Gasteiger partial charge in [-0.05, 0) is 72.4 Å². The van der Waals surface area contributed by atoms with Crippen molar-refractivity contribution in [3.05, 3.63) is 58.1 Å². The van der Waals surface area contributed by atoms with Crippen LogP contribution in [0.4, 0.5) is 0 Å². The van der Waals surface area contributed by atoms with Crippen molar-refractivity contribution < 1.29 is 19.0 Å². The van der Waals surface area contributed by atoms with Crippen molar-refractivity contribution in [2.24, 2.45) is 18.9 Å². The molecule has 1 aliphatic heterocycles. The zero-order valence-electron chi connectivity index (χ0n) is 21.9. The van der Waals surface area contributed by atoms with Gasteiger partial charge in [-0.25, -0.2) is 8.99 Å². The lowest BCUT2D eigenvalue weighted by Gasteiger charge is -2.42. The number of aromatic nitrogens is 3. The van der Waals surface area contributed by atoms with Crippen molar-refractivity contribution in [2.45, 2.75) is 64.8 Å². The van der Waals surface area contributed by atoms with Gasteiger partial charge >= 0.3 is 5.97 Å². The van der Waals surface area contributed by atoms with Crippen LogP contribution in [0.5, 0.6) is 0 Å². The van der Waals surface area contributed by atoms with Crippen LogP contribution in [0.25, 0.3) is 11.0 Å². The molecule has 3 aromatic rings. The molecule has 2 aromatic carbocycles. The maximum absolute atomic E-state index is 12.0. The third-order valence-corrected chi connectivity index (χ3v) is 10.5. The molecule has 0 radical (unpaired) electrons. The molecule has 37 heavy (non-hydrogen) atoms. The molecular weight excluding hydrogens is 488 g/mol. The van der Waals surface area contributed by atoms with Crippen LogP contribution < -0.4 is 0 Å². The Balaban J connectivity index is 1.49. The lowest BCUT2D eigenvalue weighted by Crippen LogP contribution is -2.33. The zero-order valence-corrected chi connectivity index (χ0v) is 22.7. The molecule has 1 aliphatic carbocycles. The van der Waals surface area contributed by atoms with E-state index in [2.05, 4.69) is 16.4 Å². The molecule has 5 rings (SSSR count). The van der Waals surface area contributed by atoms with E-state index in [0.29, 0.717) is 30.7 Å². The SMILES string of the molecule is Cc1ccc(C(CC(=O)O)c2ccc3c(nnn3C)c2C)cc1CN1CC2CCCCC2CCS1(O)O. The second kappa shape index (κ2) is 10.4. The highest BCUT2D eigenvalue weighted by Gasteiger charge is 2.36. The first-order valence-corrected chi connectivity index (χ1v) is 14.9. The summed E-state index contributed by atoms with van der Waals surface area (Å²) in [6.45, 7) is 5.17. The quantitative estimate of drug-likeness (QED) is 0.368. The average molecular weight is 527 g/mol. The lowest BCUT2D eigenvalue weighted by molar-refractivity contribution is -0.137. The summed E-state index contributed by atoms with van der Waals surface area (Å²) in [5, 5.41) is 18.2. The second-order valence-electron chi connectivity index (χ2n) is 10.9. The summed E-state index contributed by atoms with van der Waals surface area (Å²) >= 11 is 0. The van der Waals surface area contributed by atoms with Crippen molar-refractivity contribution in [1.29, 1.82) is 0 Å². The zero-order chi connectivity index (χ0) is 26.3. The van der Waals surface area contributed by atoms with Gasteiger partial charge in [0.2, 0.25) is 0 Å². The maximum atomic E-state index is 12.0. The number of nitrogens with zero attached hydrogens (tertiary/aromatic N) is 4. The molecule has 2 heterocycles. The van der Waals surface area contributed by atoms with Crippen LogP contribution in [-0.4, -0.2) is 51.8 Å². The number of fused-ring (bicyclic) bond motifs is 2. The van der Waals surface area contributed by atoms with Gasteiger partial charge in [0.25, 0.3) is 0 Å². The van der Waals surface area contributed by atoms with Crippen molar-refractivity contribution in [3.63, 3.8) is 0 Å². The predicted octanol–water partition coefficient (Wildman–Crippen LogP) is 5.87. The minimum absolute atomic E-state index is 0.0439. The Labute approximate surface area is 220 Å². The van der Waals surface area contributed by atoms with Gasteiger partial charge in [-0.2, -0.15) is 0 Å². The fourth-order valence-corrected chi connectivity index (χ4v) is 8.02. The molecule has 200 valence electrons. The van der Waals surface area contributed by atoms with Crippen molar-refractivity contribution in [3.8, 4) is 0 Å². The third-order valence-electron chi connectivity index (χ3n) is 8.64. The van der Waals surface area contributed by atoms with E-state index in [1.807, 2.05) is 49.5 Å². The Morgan fingerprint density at radius 3 is 2.62 bits per heavy atom. The molecule has 2 aliphatic rings. The van der Waals surface area contributed by atoms with Gasteiger partial charge in [0.05, 0.1) is 17.7 Å². The molecule has 3 atom stereocenters. The molecule has 1 saturated carbocycles. The van der Waals surface area contributed by atoms with Crippen molar-refractivity contribution in [1.82, 2.24) is 19.3 Å². The summed E-state index contributed by atoms with van der Waals surface area (Å²) < 4.78 is 25.8. The van der Waals surface area contributed by atoms with E-state index in [1.54, 1.807) is 4.68 Å². The summed E-state index contributed by atoms with van der Waals surface area (Å²) in [6, 6.07) is 10.0. The van der Waals surface area contributed by atoms with E-state index in [4.69, 9.17) is 0 Å². The van der Waals surface area contributed by atoms with Crippen LogP contribution in [0.2, 0.25) is 0 Å². The van der Waals surface area contributed by atoms with Crippen LogP contribution in [0, 0.1) is 25.7 Å². The number of carboxylic acids is 1. The number of hydrogen-bond donors (Lipinski definition) is 3. The molecule has 0 bridgehead atoms. The van der Waals surface area contributed by atoms with Crippen LogP contribution in [0.3, 0.4) is 0 Å². The maximum Gasteiger partial charge on any atom is 0.304 e. The van der Waals surface area contributed by atoms with Crippen LogP contribution in [0.15, 0.2) is 30.3 Å². The number of carbonyl (C=O) groups is 1. The molecule has 1 saturated heterocycles. The monoisotopic (exact) mass is 526 g/mol. The summed E-state index contributed by atoms with van der Waals surface area (Å²) in [5.74, 6) is 0.306. The standard InChI is InChI=1S/C28H38N4O4S/c1-18-8-9-21(25(15-27(33)34)24-10-11-26-28(19(24)2)29-30-31(26)3)14-23(18)17-32-16-22-7-5-4-6-20(22)12-13-37(32,35)36/h8-11,14,20,22,25,35-36H,4-7,12-13,15-17H2,1-3H3,(H,33,34). The van der Waals surface area contributed by atoms with Gasteiger partial charge < -0.3 is 5.11 Å². The number of carboxylic acid groups (broad SMARTS) is 1. The van der Waals surface area contributed by atoms with E-state index < -0.39 is 16.7 Å². The third kappa shape index (κ3) is 5.27. The van der Waals surface area contributed by atoms with Gasteiger partial charge in [0.15, 0.2) is 0 Å². The summed E-state index contributed by atoms with van der Waals surface area (Å²) in [4.78, 5) is 12.0. The molecule has 0 spiro atoms.